The van der Waals surface area contributed by atoms with Gasteiger partial charge in [-0.1, -0.05) is 19.1 Å². The van der Waals surface area contributed by atoms with E-state index in [1.807, 2.05) is 12.1 Å². The molecular formula is C12H15NO2. The molecule has 2 unspecified atom stereocenters. The van der Waals surface area contributed by atoms with Crippen molar-refractivity contribution in [3.8, 4) is 0 Å². The first-order valence-corrected chi connectivity index (χ1v) is 5.22. The molecule has 3 heteroatoms. The Morgan fingerprint density at radius 2 is 2.07 bits per heavy atom. The van der Waals surface area contributed by atoms with E-state index in [1.165, 1.54) is 6.42 Å². The van der Waals surface area contributed by atoms with Gasteiger partial charge in [0.25, 0.3) is 0 Å². The molecule has 1 saturated carbocycles. The third kappa shape index (κ3) is 2.57. The summed E-state index contributed by atoms with van der Waals surface area (Å²) in [6, 6.07) is 7.68. The molecule has 0 spiro atoms. The standard InChI is InChI=1S/C12H15NO2/c1-8-6-11(8)13-7-9-2-4-10(5-3-9)12(14)15/h2-5,8,11,13H,6-7H2,1H3,(H,14,15). The molecule has 2 N–H and O–H groups in total. The first kappa shape index (κ1) is 10.2. The maximum Gasteiger partial charge on any atom is 0.335 e. The molecule has 0 amide bonds. The number of carboxylic acid groups (broad SMARTS) is 1. The predicted octanol–water partition coefficient (Wildman–Crippen LogP) is 1.88. The van der Waals surface area contributed by atoms with Crippen LogP contribution in [0.1, 0.15) is 29.3 Å². The van der Waals surface area contributed by atoms with Crippen LogP contribution in [0.2, 0.25) is 0 Å². The smallest absolute Gasteiger partial charge is 0.335 e. The largest absolute Gasteiger partial charge is 0.478 e. The number of hydrogen-bond acceptors (Lipinski definition) is 2. The van der Waals surface area contributed by atoms with Gasteiger partial charge in [0.05, 0.1) is 5.56 Å². The molecule has 0 aliphatic heterocycles. The van der Waals surface area contributed by atoms with Crippen LogP contribution in [0.4, 0.5) is 0 Å². The predicted molar refractivity (Wildman–Crippen MR) is 57.8 cm³/mol. The van der Waals surface area contributed by atoms with Crippen LogP contribution >= 0.6 is 0 Å². The lowest BCUT2D eigenvalue weighted by molar-refractivity contribution is 0.0697. The van der Waals surface area contributed by atoms with E-state index in [2.05, 4.69) is 12.2 Å². The van der Waals surface area contributed by atoms with E-state index in [9.17, 15) is 4.79 Å². The molecule has 1 aliphatic carbocycles. The van der Waals surface area contributed by atoms with Gasteiger partial charge in [0.15, 0.2) is 0 Å². The van der Waals surface area contributed by atoms with E-state index < -0.39 is 5.97 Å². The summed E-state index contributed by atoms with van der Waals surface area (Å²) >= 11 is 0. The molecule has 3 nitrogen and oxygen atoms in total. The molecule has 0 radical (unpaired) electrons. The average molecular weight is 205 g/mol. The lowest BCUT2D eigenvalue weighted by Gasteiger charge is -2.03. The number of carbonyl (C=O) groups is 1. The molecule has 1 aromatic rings. The first-order valence-electron chi connectivity index (χ1n) is 5.22. The molecule has 0 heterocycles. The topological polar surface area (TPSA) is 49.3 Å². The Kier molecular flexibility index (Phi) is 2.73. The summed E-state index contributed by atoms with van der Waals surface area (Å²) in [5, 5.41) is 12.1. The highest BCUT2D eigenvalue weighted by molar-refractivity contribution is 5.87. The van der Waals surface area contributed by atoms with Gasteiger partial charge >= 0.3 is 5.97 Å². The number of rotatable bonds is 4. The van der Waals surface area contributed by atoms with Crippen molar-refractivity contribution in [3.05, 3.63) is 35.4 Å². The number of aromatic carboxylic acids is 1. The third-order valence-electron chi connectivity index (χ3n) is 2.88. The Bertz CT molecular complexity index is 358. The van der Waals surface area contributed by atoms with Crippen molar-refractivity contribution in [2.75, 3.05) is 0 Å². The van der Waals surface area contributed by atoms with E-state index in [-0.39, 0.29) is 0 Å². The van der Waals surface area contributed by atoms with Gasteiger partial charge in [0, 0.05) is 12.6 Å². The molecule has 0 saturated heterocycles. The molecule has 1 aliphatic rings. The van der Waals surface area contributed by atoms with Crippen molar-refractivity contribution in [3.63, 3.8) is 0 Å². The van der Waals surface area contributed by atoms with E-state index in [0.29, 0.717) is 11.6 Å². The van der Waals surface area contributed by atoms with Crippen LogP contribution in [0.3, 0.4) is 0 Å². The monoisotopic (exact) mass is 205 g/mol. The fraction of sp³-hybridized carbons (Fsp3) is 0.417. The fourth-order valence-electron chi connectivity index (χ4n) is 1.62. The van der Waals surface area contributed by atoms with Crippen molar-refractivity contribution in [1.29, 1.82) is 0 Å². The van der Waals surface area contributed by atoms with Crippen LogP contribution in [0, 0.1) is 5.92 Å². The normalized spacial score (nSPS) is 23.8. The summed E-state index contributed by atoms with van der Waals surface area (Å²) in [5.74, 6) is -0.0754. The van der Waals surface area contributed by atoms with Gasteiger partial charge in [-0.05, 0) is 30.0 Å². The van der Waals surface area contributed by atoms with Crippen molar-refractivity contribution in [1.82, 2.24) is 5.32 Å². The fourth-order valence-corrected chi connectivity index (χ4v) is 1.62. The van der Waals surface area contributed by atoms with Gasteiger partial charge in [0.2, 0.25) is 0 Å². The number of hydrogen-bond donors (Lipinski definition) is 2. The highest BCUT2D eigenvalue weighted by Crippen LogP contribution is 2.29. The maximum atomic E-state index is 10.6. The molecule has 2 atom stereocenters. The lowest BCUT2D eigenvalue weighted by atomic mass is 10.1. The summed E-state index contributed by atoms with van der Waals surface area (Å²) in [5.41, 5.74) is 1.48. The Morgan fingerprint density at radius 1 is 1.47 bits per heavy atom. The van der Waals surface area contributed by atoms with E-state index in [1.54, 1.807) is 12.1 Å². The summed E-state index contributed by atoms with van der Waals surface area (Å²) < 4.78 is 0. The molecule has 2 rings (SSSR count). The summed E-state index contributed by atoms with van der Waals surface area (Å²) in [6.07, 6.45) is 1.26. The zero-order valence-electron chi connectivity index (χ0n) is 8.73. The molecular weight excluding hydrogens is 190 g/mol. The Morgan fingerprint density at radius 3 is 2.53 bits per heavy atom. The van der Waals surface area contributed by atoms with Crippen molar-refractivity contribution < 1.29 is 9.90 Å². The maximum absolute atomic E-state index is 10.6. The average Bonchev–Trinajstić information content (AvgIpc) is 2.92. The Hall–Kier alpha value is -1.35. The van der Waals surface area contributed by atoms with Crippen LogP contribution < -0.4 is 5.32 Å². The van der Waals surface area contributed by atoms with Crippen LogP contribution in [0.5, 0.6) is 0 Å². The van der Waals surface area contributed by atoms with Gasteiger partial charge in [0.1, 0.15) is 0 Å². The van der Waals surface area contributed by atoms with Crippen LogP contribution in [-0.2, 0) is 6.54 Å². The second-order valence-electron chi connectivity index (χ2n) is 4.20. The zero-order valence-corrected chi connectivity index (χ0v) is 8.73. The van der Waals surface area contributed by atoms with Crippen molar-refractivity contribution in [2.45, 2.75) is 25.9 Å². The molecule has 15 heavy (non-hydrogen) atoms. The molecule has 0 bridgehead atoms. The highest BCUT2D eigenvalue weighted by atomic mass is 16.4. The zero-order chi connectivity index (χ0) is 10.8. The number of benzene rings is 1. The third-order valence-corrected chi connectivity index (χ3v) is 2.88. The second kappa shape index (κ2) is 4.03. The Labute approximate surface area is 89.1 Å². The van der Waals surface area contributed by atoms with Crippen LogP contribution in [-0.4, -0.2) is 17.1 Å². The SMILES string of the molecule is CC1CC1NCc1ccc(C(=O)O)cc1. The van der Waals surface area contributed by atoms with E-state index in [0.717, 1.165) is 18.0 Å². The number of nitrogens with one attached hydrogen (secondary N) is 1. The minimum Gasteiger partial charge on any atom is -0.478 e. The second-order valence-corrected chi connectivity index (χ2v) is 4.20. The van der Waals surface area contributed by atoms with Gasteiger partial charge in [-0.3, -0.25) is 0 Å². The molecule has 80 valence electrons. The van der Waals surface area contributed by atoms with E-state index in [4.69, 9.17) is 5.11 Å². The summed E-state index contributed by atoms with van der Waals surface area (Å²) in [7, 11) is 0. The minimum atomic E-state index is -0.870. The van der Waals surface area contributed by atoms with Gasteiger partial charge < -0.3 is 10.4 Å². The van der Waals surface area contributed by atoms with Gasteiger partial charge in [-0.25, -0.2) is 4.79 Å². The lowest BCUT2D eigenvalue weighted by Crippen LogP contribution is -2.16. The minimum absolute atomic E-state index is 0.346. The van der Waals surface area contributed by atoms with Gasteiger partial charge in [-0.2, -0.15) is 0 Å². The number of carboxylic acids is 1. The van der Waals surface area contributed by atoms with Crippen LogP contribution in [0.25, 0.3) is 0 Å². The van der Waals surface area contributed by atoms with Gasteiger partial charge in [-0.15, -0.1) is 0 Å². The van der Waals surface area contributed by atoms with Crippen LogP contribution in [0.15, 0.2) is 24.3 Å². The highest BCUT2D eigenvalue weighted by Gasteiger charge is 2.31. The summed E-state index contributed by atoms with van der Waals surface area (Å²) in [4.78, 5) is 10.6. The summed E-state index contributed by atoms with van der Waals surface area (Å²) in [6.45, 7) is 3.06. The molecule has 0 aromatic heterocycles. The first-order chi connectivity index (χ1) is 7.16. The quantitative estimate of drug-likeness (QED) is 0.789. The van der Waals surface area contributed by atoms with E-state index >= 15 is 0 Å². The Balaban J connectivity index is 1.89. The molecule has 1 aromatic carbocycles. The van der Waals surface area contributed by atoms with Crippen molar-refractivity contribution >= 4 is 5.97 Å². The molecule has 1 fully saturated rings. The van der Waals surface area contributed by atoms with Crippen molar-refractivity contribution in [2.24, 2.45) is 5.92 Å².